The van der Waals surface area contributed by atoms with Crippen LogP contribution in [0.15, 0.2) is 65.1 Å². The van der Waals surface area contributed by atoms with E-state index >= 15 is 0 Å². The average molecular weight is 506 g/mol. The Morgan fingerprint density at radius 1 is 1.14 bits per heavy atom. The Morgan fingerprint density at radius 3 is 2.67 bits per heavy atom. The molecule has 192 valence electrons. The minimum atomic E-state index is 0.254. The minimum Gasteiger partial charge on any atom is -0.507 e. The second-order valence-electron chi connectivity index (χ2n) is 8.59. The third-order valence-electron chi connectivity index (χ3n) is 5.94. The van der Waals surface area contributed by atoms with Gasteiger partial charge in [0, 0.05) is 22.4 Å². The lowest BCUT2D eigenvalue weighted by Crippen LogP contribution is -2.25. The standard InChI is InChI=1S/C27H33N5OS.C2H6/c1-4-24(23-11-5-7-12-25(23)33)30-27-20(2)16-29-32(27)19-28-14-9-15-31(3)17-21-18-34-26-13-8-6-10-22(21)26;1-2/h5-8,10-13,16,18,28,33H,4,9,14-15,17,19H2,1-3H3;1-2H3/b30-24+;. The van der Waals surface area contributed by atoms with Crippen LogP contribution in [0.5, 0.6) is 5.75 Å². The number of fused-ring (bicyclic) bond motifs is 1. The third-order valence-corrected chi connectivity index (χ3v) is 6.95. The van der Waals surface area contributed by atoms with Crippen LogP contribution < -0.4 is 5.32 Å². The molecule has 0 fully saturated rings. The molecule has 0 aliphatic heterocycles. The molecule has 2 N–H and O–H groups in total. The molecule has 6 nitrogen and oxygen atoms in total. The number of aromatic nitrogens is 2. The number of phenolic OH excluding ortho intramolecular Hbond substituents is 1. The largest absolute Gasteiger partial charge is 0.507 e. The Labute approximate surface area is 219 Å². The van der Waals surface area contributed by atoms with Crippen molar-refractivity contribution in [3.05, 3.63) is 76.8 Å². The molecule has 0 saturated heterocycles. The second-order valence-corrected chi connectivity index (χ2v) is 9.50. The van der Waals surface area contributed by atoms with Gasteiger partial charge in [0.05, 0.1) is 18.6 Å². The SMILES string of the molecule is CC.CC/C(=N\c1c(C)cnn1CNCCCN(C)Cc1csc2ccccc12)c1ccccc1O. The number of rotatable bonds is 11. The molecule has 2 aromatic carbocycles. The van der Waals surface area contributed by atoms with Gasteiger partial charge < -0.3 is 10.0 Å². The van der Waals surface area contributed by atoms with E-state index in [1.54, 1.807) is 6.07 Å². The number of aliphatic imine (C=N–C) groups is 1. The van der Waals surface area contributed by atoms with Gasteiger partial charge in [-0.1, -0.05) is 51.1 Å². The summed E-state index contributed by atoms with van der Waals surface area (Å²) in [4.78, 5) is 7.25. The molecule has 0 unspecified atom stereocenters. The molecule has 2 aromatic heterocycles. The maximum Gasteiger partial charge on any atom is 0.154 e. The number of nitrogens with zero attached hydrogens (tertiary/aromatic N) is 4. The first kappa shape index (κ1) is 27.6. The number of benzene rings is 2. The predicted molar refractivity (Wildman–Crippen MR) is 154 cm³/mol. The number of aromatic hydroxyl groups is 1. The smallest absolute Gasteiger partial charge is 0.154 e. The molecule has 0 radical (unpaired) electrons. The monoisotopic (exact) mass is 505 g/mol. The number of hydrogen-bond donors (Lipinski definition) is 2. The van der Waals surface area contributed by atoms with E-state index in [-0.39, 0.29) is 5.75 Å². The zero-order chi connectivity index (χ0) is 25.9. The van der Waals surface area contributed by atoms with E-state index in [0.29, 0.717) is 6.67 Å². The lowest BCUT2D eigenvalue weighted by Gasteiger charge is -2.16. The first-order valence-corrected chi connectivity index (χ1v) is 13.7. The molecule has 4 aromatic rings. The number of nitrogens with one attached hydrogen (secondary N) is 1. The van der Waals surface area contributed by atoms with Gasteiger partial charge in [-0.15, -0.1) is 11.3 Å². The van der Waals surface area contributed by atoms with Crippen molar-refractivity contribution in [2.45, 2.75) is 53.8 Å². The highest BCUT2D eigenvalue weighted by Crippen LogP contribution is 2.26. The summed E-state index contributed by atoms with van der Waals surface area (Å²) in [5, 5.41) is 21.9. The van der Waals surface area contributed by atoms with E-state index in [4.69, 9.17) is 4.99 Å². The Balaban J connectivity index is 0.00000176. The summed E-state index contributed by atoms with van der Waals surface area (Å²) in [6, 6.07) is 16.0. The zero-order valence-corrected chi connectivity index (χ0v) is 23.0. The maximum absolute atomic E-state index is 10.2. The van der Waals surface area contributed by atoms with E-state index in [9.17, 15) is 5.11 Å². The highest BCUT2D eigenvalue weighted by Gasteiger charge is 2.12. The Hall–Kier alpha value is -3.00. The summed E-state index contributed by atoms with van der Waals surface area (Å²) in [5.41, 5.74) is 4.05. The number of phenols is 1. The normalized spacial score (nSPS) is 11.7. The van der Waals surface area contributed by atoms with Crippen molar-refractivity contribution in [1.29, 1.82) is 0 Å². The van der Waals surface area contributed by atoms with Gasteiger partial charge in [-0.3, -0.25) is 5.32 Å². The van der Waals surface area contributed by atoms with E-state index < -0.39 is 0 Å². The van der Waals surface area contributed by atoms with Crippen LogP contribution in [0.25, 0.3) is 10.1 Å². The van der Waals surface area contributed by atoms with Gasteiger partial charge in [-0.2, -0.15) is 5.10 Å². The average Bonchev–Trinajstić information content (AvgIpc) is 3.47. The van der Waals surface area contributed by atoms with Gasteiger partial charge in [0.2, 0.25) is 0 Å². The van der Waals surface area contributed by atoms with Crippen LogP contribution in [0.4, 0.5) is 5.82 Å². The van der Waals surface area contributed by atoms with Gasteiger partial charge in [0.1, 0.15) is 5.75 Å². The van der Waals surface area contributed by atoms with Crippen molar-refractivity contribution in [2.75, 3.05) is 20.1 Å². The first-order chi connectivity index (χ1) is 17.6. The molecular formula is C29H39N5OS. The van der Waals surface area contributed by atoms with Crippen molar-refractivity contribution in [3.63, 3.8) is 0 Å². The topological polar surface area (TPSA) is 65.7 Å². The van der Waals surface area contributed by atoms with Crippen LogP contribution in [0, 0.1) is 6.92 Å². The molecule has 0 amide bonds. The van der Waals surface area contributed by atoms with Crippen molar-refractivity contribution >= 4 is 33.0 Å². The van der Waals surface area contributed by atoms with E-state index in [2.05, 4.69) is 58.9 Å². The number of thiophene rings is 1. The predicted octanol–water partition coefficient (Wildman–Crippen LogP) is 6.74. The molecule has 0 saturated carbocycles. The lowest BCUT2D eigenvalue weighted by atomic mass is 10.1. The molecule has 0 bridgehead atoms. The third kappa shape index (κ3) is 7.03. The van der Waals surface area contributed by atoms with Crippen molar-refractivity contribution < 1.29 is 5.11 Å². The Bertz CT molecular complexity index is 1260. The number of hydrogen-bond acceptors (Lipinski definition) is 6. The highest BCUT2D eigenvalue weighted by molar-refractivity contribution is 7.17. The quantitative estimate of drug-likeness (QED) is 0.175. The van der Waals surface area contributed by atoms with Gasteiger partial charge >= 0.3 is 0 Å². The van der Waals surface area contributed by atoms with Crippen molar-refractivity contribution in [3.8, 4) is 5.75 Å². The van der Waals surface area contributed by atoms with Gasteiger partial charge in [0.15, 0.2) is 5.82 Å². The Kier molecular flexibility index (Phi) is 10.7. The molecule has 0 atom stereocenters. The molecule has 4 rings (SSSR count). The van der Waals surface area contributed by atoms with Crippen LogP contribution in [-0.4, -0.2) is 45.6 Å². The van der Waals surface area contributed by atoms with Crippen LogP contribution in [-0.2, 0) is 13.2 Å². The summed E-state index contributed by atoms with van der Waals surface area (Å²) < 4.78 is 3.25. The highest BCUT2D eigenvalue weighted by atomic mass is 32.1. The zero-order valence-electron chi connectivity index (χ0n) is 22.2. The molecular weight excluding hydrogens is 466 g/mol. The van der Waals surface area contributed by atoms with Crippen LogP contribution in [0.2, 0.25) is 0 Å². The molecule has 0 aliphatic rings. The second kappa shape index (κ2) is 13.9. The minimum absolute atomic E-state index is 0.254. The van der Waals surface area contributed by atoms with E-state index in [0.717, 1.165) is 55.1 Å². The van der Waals surface area contributed by atoms with Crippen LogP contribution in [0.1, 0.15) is 50.3 Å². The van der Waals surface area contributed by atoms with E-state index in [1.807, 2.05) is 61.2 Å². The summed E-state index contributed by atoms with van der Waals surface area (Å²) in [5.74, 6) is 1.08. The molecule has 0 aliphatic carbocycles. The van der Waals surface area contributed by atoms with E-state index in [1.165, 1.54) is 15.6 Å². The summed E-state index contributed by atoms with van der Waals surface area (Å²) >= 11 is 1.82. The number of aryl methyl sites for hydroxylation is 1. The fourth-order valence-corrected chi connectivity index (χ4v) is 5.05. The molecule has 7 heteroatoms. The number of para-hydroxylation sites is 1. The Morgan fingerprint density at radius 2 is 1.89 bits per heavy atom. The molecule has 0 spiro atoms. The maximum atomic E-state index is 10.2. The lowest BCUT2D eigenvalue weighted by molar-refractivity contribution is 0.318. The fourth-order valence-electron chi connectivity index (χ4n) is 4.09. The molecule has 2 heterocycles. The van der Waals surface area contributed by atoms with Gasteiger partial charge in [0.25, 0.3) is 0 Å². The summed E-state index contributed by atoms with van der Waals surface area (Å²) in [6.07, 6.45) is 3.62. The van der Waals surface area contributed by atoms with Crippen molar-refractivity contribution in [1.82, 2.24) is 20.0 Å². The summed E-state index contributed by atoms with van der Waals surface area (Å²) in [6.45, 7) is 11.6. The van der Waals surface area contributed by atoms with Crippen molar-refractivity contribution in [2.24, 2.45) is 4.99 Å². The molecule has 36 heavy (non-hydrogen) atoms. The van der Waals surface area contributed by atoms with Crippen LogP contribution in [0.3, 0.4) is 0 Å². The van der Waals surface area contributed by atoms with Gasteiger partial charge in [-0.25, -0.2) is 9.67 Å². The van der Waals surface area contributed by atoms with Gasteiger partial charge in [-0.05, 0) is 74.4 Å². The fraction of sp³-hybridized carbons (Fsp3) is 0.379. The first-order valence-electron chi connectivity index (χ1n) is 12.8. The van der Waals surface area contributed by atoms with Crippen LogP contribution >= 0.6 is 11.3 Å². The summed E-state index contributed by atoms with van der Waals surface area (Å²) in [7, 11) is 2.18.